The number of amides is 1. The average Bonchev–Trinajstić information content (AvgIpc) is 3.36. The van der Waals surface area contributed by atoms with E-state index in [0.29, 0.717) is 41.4 Å². The Morgan fingerprint density at radius 3 is 2.39 bits per heavy atom. The molecule has 1 amide bonds. The number of aromatic hydroxyl groups is 1. The normalized spacial score (nSPS) is 15.2. The Kier molecular flexibility index (Phi) is 8.06. The zero-order valence-electron chi connectivity index (χ0n) is 22.3. The molecule has 9 heteroatoms. The van der Waals surface area contributed by atoms with Crippen LogP contribution < -0.4 is 15.0 Å². The summed E-state index contributed by atoms with van der Waals surface area (Å²) in [7, 11) is 2.93. The molecule has 2 heterocycles. The standard InChI is InChI=1S/C29H33FN2O6/c1-17(2)38-16-20-14-22(33)26(29(35)32(20)27-23(36-4)10-7-11-24(27)37-5)28(34)31-13-12-19(15-31)25-18(3)8-6-9-21(25)30/h6-11,14,17,19,33H,12-13,15-16H2,1-5H3. The fraction of sp³-hybridized carbons (Fsp3) is 0.379. The number of hydrogen-bond acceptors (Lipinski definition) is 6. The second kappa shape index (κ2) is 11.3. The molecular weight excluding hydrogens is 491 g/mol. The van der Waals surface area contributed by atoms with E-state index in [2.05, 4.69) is 0 Å². The molecule has 0 spiro atoms. The Morgan fingerprint density at radius 2 is 1.79 bits per heavy atom. The molecule has 4 rings (SSSR count). The van der Waals surface area contributed by atoms with Crippen molar-refractivity contribution in [1.29, 1.82) is 0 Å². The van der Waals surface area contributed by atoms with Crippen LogP contribution in [-0.4, -0.2) is 53.9 Å². The summed E-state index contributed by atoms with van der Waals surface area (Å²) in [6.07, 6.45) is 0.397. The van der Waals surface area contributed by atoms with Gasteiger partial charge in [-0.05, 0) is 56.5 Å². The molecule has 2 aromatic carbocycles. The van der Waals surface area contributed by atoms with Gasteiger partial charge >= 0.3 is 0 Å². The van der Waals surface area contributed by atoms with Crippen molar-refractivity contribution in [2.24, 2.45) is 0 Å². The minimum absolute atomic E-state index is 0.00547. The number of pyridine rings is 1. The number of hydrogen-bond donors (Lipinski definition) is 1. The van der Waals surface area contributed by atoms with E-state index in [1.165, 1.54) is 35.8 Å². The van der Waals surface area contributed by atoms with E-state index in [1.807, 2.05) is 26.8 Å². The van der Waals surface area contributed by atoms with Crippen LogP contribution in [0.15, 0.2) is 47.3 Å². The highest BCUT2D eigenvalue weighted by molar-refractivity contribution is 5.97. The fourth-order valence-electron chi connectivity index (χ4n) is 5.00. The van der Waals surface area contributed by atoms with Crippen LogP contribution in [0.3, 0.4) is 0 Å². The smallest absolute Gasteiger partial charge is 0.272 e. The van der Waals surface area contributed by atoms with Crippen LogP contribution in [0.4, 0.5) is 4.39 Å². The molecule has 3 aromatic rings. The van der Waals surface area contributed by atoms with Gasteiger partial charge in [-0.3, -0.25) is 14.2 Å². The van der Waals surface area contributed by atoms with E-state index in [9.17, 15) is 19.1 Å². The minimum atomic E-state index is -0.731. The van der Waals surface area contributed by atoms with Gasteiger partial charge in [0.05, 0.1) is 32.6 Å². The molecule has 1 aliphatic rings. The highest BCUT2D eigenvalue weighted by atomic mass is 19.1. The maximum atomic E-state index is 14.6. The van der Waals surface area contributed by atoms with Crippen LogP contribution in [0, 0.1) is 12.7 Å². The first-order valence-electron chi connectivity index (χ1n) is 12.5. The van der Waals surface area contributed by atoms with Crippen molar-refractivity contribution in [3.05, 3.63) is 81.0 Å². The molecule has 0 aliphatic carbocycles. The van der Waals surface area contributed by atoms with Crippen LogP contribution in [0.2, 0.25) is 0 Å². The average molecular weight is 525 g/mol. The third-order valence-electron chi connectivity index (χ3n) is 6.82. The maximum absolute atomic E-state index is 14.6. The Bertz CT molecular complexity index is 1360. The highest BCUT2D eigenvalue weighted by Crippen LogP contribution is 2.35. The molecule has 1 aromatic heterocycles. The van der Waals surface area contributed by atoms with Crippen molar-refractivity contribution in [3.63, 3.8) is 0 Å². The van der Waals surface area contributed by atoms with Crippen molar-refractivity contribution >= 4 is 5.91 Å². The molecule has 38 heavy (non-hydrogen) atoms. The van der Waals surface area contributed by atoms with Gasteiger partial charge < -0.3 is 24.2 Å². The zero-order valence-corrected chi connectivity index (χ0v) is 22.3. The third kappa shape index (κ3) is 5.11. The molecule has 1 saturated heterocycles. The first-order chi connectivity index (χ1) is 18.2. The van der Waals surface area contributed by atoms with Gasteiger partial charge in [0.25, 0.3) is 11.5 Å². The van der Waals surface area contributed by atoms with E-state index in [0.717, 1.165) is 5.56 Å². The summed E-state index contributed by atoms with van der Waals surface area (Å²) in [5.74, 6) is -0.902. The molecule has 0 saturated carbocycles. The first-order valence-corrected chi connectivity index (χ1v) is 12.5. The number of para-hydroxylation sites is 1. The van der Waals surface area contributed by atoms with Gasteiger partial charge in [-0.25, -0.2) is 4.39 Å². The van der Waals surface area contributed by atoms with Crippen molar-refractivity contribution < 1.29 is 28.5 Å². The van der Waals surface area contributed by atoms with Gasteiger partial charge in [0.2, 0.25) is 0 Å². The number of likely N-dealkylation sites (tertiary alicyclic amines) is 1. The SMILES string of the molecule is COc1cccc(OC)c1-n1c(COC(C)C)cc(O)c(C(=O)N2CCC(c3c(C)cccc3F)C2)c1=O. The predicted octanol–water partition coefficient (Wildman–Crippen LogP) is 4.56. The summed E-state index contributed by atoms with van der Waals surface area (Å²) >= 11 is 0. The first kappa shape index (κ1) is 27.2. The van der Waals surface area contributed by atoms with Crippen LogP contribution in [0.5, 0.6) is 17.2 Å². The highest BCUT2D eigenvalue weighted by Gasteiger charge is 2.34. The van der Waals surface area contributed by atoms with E-state index >= 15 is 0 Å². The second-order valence-corrected chi connectivity index (χ2v) is 9.61. The molecule has 1 fully saturated rings. The molecule has 1 atom stereocenters. The summed E-state index contributed by atoms with van der Waals surface area (Å²) in [5, 5.41) is 10.9. The van der Waals surface area contributed by atoms with E-state index in [4.69, 9.17) is 14.2 Å². The van der Waals surface area contributed by atoms with Crippen molar-refractivity contribution in [2.75, 3.05) is 27.3 Å². The van der Waals surface area contributed by atoms with Crippen LogP contribution >= 0.6 is 0 Å². The Balaban J connectivity index is 1.81. The lowest BCUT2D eigenvalue weighted by Gasteiger charge is -2.22. The molecule has 0 bridgehead atoms. The summed E-state index contributed by atoms with van der Waals surface area (Å²) in [6.45, 7) is 6.10. The topological polar surface area (TPSA) is 90.2 Å². The number of carbonyl (C=O) groups is 1. The Labute approximate surface area is 221 Å². The third-order valence-corrected chi connectivity index (χ3v) is 6.82. The second-order valence-electron chi connectivity index (χ2n) is 9.61. The molecular formula is C29H33FN2O6. The monoisotopic (exact) mass is 524 g/mol. The number of methoxy groups -OCH3 is 2. The van der Waals surface area contributed by atoms with Crippen molar-refractivity contribution in [3.8, 4) is 22.9 Å². The fourth-order valence-corrected chi connectivity index (χ4v) is 5.00. The summed E-state index contributed by atoms with van der Waals surface area (Å²) in [6, 6.07) is 11.3. The molecule has 1 unspecified atom stereocenters. The quantitative estimate of drug-likeness (QED) is 0.465. The van der Waals surface area contributed by atoms with Gasteiger partial charge in [0.15, 0.2) is 0 Å². The van der Waals surface area contributed by atoms with E-state index < -0.39 is 17.2 Å². The summed E-state index contributed by atoms with van der Waals surface area (Å²) in [5.41, 5.74) is 0.890. The van der Waals surface area contributed by atoms with Gasteiger partial charge in [-0.1, -0.05) is 18.2 Å². The molecule has 1 aliphatic heterocycles. The largest absolute Gasteiger partial charge is 0.507 e. The molecule has 0 radical (unpaired) electrons. The Morgan fingerprint density at radius 1 is 1.13 bits per heavy atom. The number of halogens is 1. The number of carbonyl (C=O) groups excluding carboxylic acids is 1. The van der Waals surface area contributed by atoms with Gasteiger partial charge in [-0.15, -0.1) is 0 Å². The predicted molar refractivity (Wildman–Crippen MR) is 141 cm³/mol. The number of aromatic nitrogens is 1. The maximum Gasteiger partial charge on any atom is 0.272 e. The lowest BCUT2D eigenvalue weighted by atomic mass is 9.93. The number of benzene rings is 2. The van der Waals surface area contributed by atoms with E-state index in [1.54, 1.807) is 24.3 Å². The van der Waals surface area contributed by atoms with Crippen LogP contribution in [0.1, 0.15) is 53.4 Å². The molecule has 1 N–H and O–H groups in total. The molecule has 8 nitrogen and oxygen atoms in total. The van der Waals surface area contributed by atoms with Crippen molar-refractivity contribution in [1.82, 2.24) is 9.47 Å². The van der Waals surface area contributed by atoms with Crippen LogP contribution in [-0.2, 0) is 11.3 Å². The summed E-state index contributed by atoms with van der Waals surface area (Å²) < 4.78 is 32.7. The number of rotatable bonds is 8. The summed E-state index contributed by atoms with van der Waals surface area (Å²) in [4.78, 5) is 29.1. The van der Waals surface area contributed by atoms with Crippen molar-refractivity contribution in [2.45, 2.75) is 45.8 Å². The Hall–Kier alpha value is -3.85. The lowest BCUT2D eigenvalue weighted by molar-refractivity contribution is 0.0619. The minimum Gasteiger partial charge on any atom is -0.507 e. The molecule has 202 valence electrons. The lowest BCUT2D eigenvalue weighted by Crippen LogP contribution is -2.36. The van der Waals surface area contributed by atoms with Gasteiger partial charge in [0.1, 0.15) is 34.3 Å². The number of nitrogens with zero attached hydrogens (tertiary/aromatic N) is 2. The van der Waals surface area contributed by atoms with Gasteiger partial charge in [-0.2, -0.15) is 0 Å². The number of ether oxygens (including phenoxy) is 3. The number of aryl methyl sites for hydroxylation is 1. The zero-order chi connectivity index (χ0) is 27.6. The van der Waals surface area contributed by atoms with Crippen LogP contribution in [0.25, 0.3) is 5.69 Å². The van der Waals surface area contributed by atoms with E-state index in [-0.39, 0.29) is 36.6 Å². The van der Waals surface area contributed by atoms with Gasteiger partial charge in [0, 0.05) is 25.1 Å².